The minimum Gasteiger partial charge on any atom is -1.00 e. The molecule has 0 aliphatic heterocycles. The summed E-state index contributed by atoms with van der Waals surface area (Å²) >= 11 is -4.29. The molecule has 3 nitrogen and oxygen atoms in total. The zero-order chi connectivity index (χ0) is 4.50. The van der Waals surface area contributed by atoms with Crippen molar-refractivity contribution in [2.45, 2.75) is 0 Å². The Morgan fingerprint density at radius 2 is 1.33 bits per heavy atom. The van der Waals surface area contributed by atoms with Crippen LogP contribution in [-0.2, 0) is 0 Å². The van der Waals surface area contributed by atoms with Crippen LogP contribution < -0.4 is 18.9 Å². The second-order valence-corrected chi connectivity index (χ2v) is 5.21. The first-order chi connectivity index (χ1) is 2.00. The quantitative estimate of drug-likeness (QED) is 0.319. The largest absolute Gasteiger partial charge is 1.00 e. The van der Waals surface area contributed by atoms with E-state index < -0.39 is 12.9 Å². The zero-order valence-corrected chi connectivity index (χ0v) is 5.89. The smallest absolute Gasteiger partial charge is 1.00 e. The molecule has 0 rings (SSSR count). The minimum atomic E-state index is -4.29. The van der Waals surface area contributed by atoms with Crippen LogP contribution in [0.3, 0.4) is 0 Å². The summed E-state index contributed by atoms with van der Waals surface area (Å²) in [6.45, 7) is 0. The van der Waals surface area contributed by atoms with Crippen LogP contribution in [0.5, 0.6) is 0 Å². The molecule has 0 amide bonds. The van der Waals surface area contributed by atoms with E-state index >= 15 is 0 Å². The molecule has 0 unspecified atom stereocenters. The van der Waals surface area contributed by atoms with E-state index in [1.807, 2.05) is 0 Å². The van der Waals surface area contributed by atoms with Gasteiger partial charge in [-0.1, -0.05) is 0 Å². The Morgan fingerprint density at radius 1 is 1.33 bits per heavy atom. The predicted octanol–water partition coefficient (Wildman–Crippen LogP) is -4.29. The molecule has 0 bridgehead atoms. The van der Waals surface area contributed by atoms with Gasteiger partial charge in [-0.3, -0.25) is 0 Å². The Balaban J connectivity index is -0.0000000800. The molecule has 0 radical (unpaired) electrons. The Morgan fingerprint density at radius 3 is 1.33 bits per heavy atom. The Bertz CT molecular complexity index is 61.1. The van der Waals surface area contributed by atoms with E-state index in [4.69, 9.17) is 12.3 Å². The van der Waals surface area contributed by atoms with Crippen LogP contribution in [0.1, 0.15) is 1.43 Å². The Hall–Kier alpha value is 1.26. The first-order valence-electron chi connectivity index (χ1n) is 0.783. The van der Waals surface area contributed by atoms with E-state index in [0.29, 0.717) is 0 Å². The average Bonchev–Trinajstić information content (AvgIpc) is 0.722. The van der Waals surface area contributed by atoms with E-state index in [1.54, 1.807) is 0 Å². The van der Waals surface area contributed by atoms with Crippen molar-refractivity contribution in [1.82, 2.24) is 0 Å². The molecule has 3 N–H and O–H groups in total. The molecule has 0 atom stereocenters. The summed E-state index contributed by atoms with van der Waals surface area (Å²) in [6, 6.07) is 0. The summed E-state index contributed by atoms with van der Waals surface area (Å²) in [7, 11) is 3.66. The van der Waals surface area contributed by atoms with Gasteiger partial charge in [-0.05, 0) is 0 Å². The van der Waals surface area contributed by atoms with Crippen LogP contribution in [0.25, 0.3) is 0 Å². The maximum atomic E-state index is 7.62. The van der Waals surface area contributed by atoms with Crippen molar-refractivity contribution in [1.29, 1.82) is 0 Å². The molecule has 0 saturated carbocycles. The number of rotatable bonds is 0. The third-order valence-corrected chi connectivity index (χ3v) is 0. The third-order valence-electron chi connectivity index (χ3n) is 0. The first-order valence-corrected chi connectivity index (χ1v) is 5.96. The van der Waals surface area contributed by atoms with E-state index in [9.17, 15) is 0 Å². The van der Waals surface area contributed by atoms with Gasteiger partial charge in [-0.15, -0.1) is 0 Å². The van der Waals surface area contributed by atoms with Gasteiger partial charge in [0.25, 0.3) is 0 Å². The maximum absolute atomic E-state index is 7.62. The molecule has 0 aliphatic rings. The maximum Gasteiger partial charge on any atom is 1.00 e. The molecule has 0 aromatic rings. The molecule has 0 aromatic heterocycles. The van der Waals surface area contributed by atoms with Crippen molar-refractivity contribution in [3.63, 3.8) is 0 Å². The predicted molar refractivity (Wildman–Crippen MR) is 21.1 cm³/mol. The van der Waals surface area contributed by atoms with Crippen molar-refractivity contribution in [3.8, 4) is 0 Å². The van der Waals surface area contributed by atoms with Crippen LogP contribution in [0.2, 0.25) is 0 Å². The number of hydrogen-bond acceptors (Lipinski definition) is 1. The monoisotopic (exact) mass is 166 g/mol. The Kier molecular flexibility index (Phi) is 5.62. The van der Waals surface area contributed by atoms with Gasteiger partial charge in [0.05, 0.1) is 0 Å². The van der Waals surface area contributed by atoms with Crippen LogP contribution in [0.4, 0.5) is 0 Å². The van der Waals surface area contributed by atoms with Crippen molar-refractivity contribution in [2.75, 3.05) is 0 Å². The fraction of sp³-hybridized carbons (Fsp3) is 0. The molecule has 0 saturated heterocycles. The van der Waals surface area contributed by atoms with Crippen molar-refractivity contribution in [2.24, 2.45) is 0 Å². The summed E-state index contributed by atoms with van der Waals surface area (Å²) in [5.74, 6) is 0. The van der Waals surface area contributed by atoms with Gasteiger partial charge in [-0.25, -0.2) is 0 Å². The van der Waals surface area contributed by atoms with E-state index in [0.717, 1.165) is 0 Å². The normalized spacial score (nSPS) is 9.83. The number of hydrogen-bond donors (Lipinski definition) is 3. The van der Waals surface area contributed by atoms with Gasteiger partial charge in [0.15, 0.2) is 0 Å². The van der Waals surface area contributed by atoms with Gasteiger partial charge in [-0.2, -0.15) is 0 Å². The fourth-order valence-corrected chi connectivity index (χ4v) is 0. The molecule has 0 fully saturated rings. The topological polar surface area (TPSA) is 60.7 Å². The molecule has 6 heteroatoms. The molecule has 0 aromatic carbocycles. The molecular weight excluding hydrogens is 162 g/mol. The molecule has 6 heavy (non-hydrogen) atoms. The minimum absolute atomic E-state index is 0. The molecule has 0 spiro atoms. The zero-order valence-electron chi connectivity index (χ0n) is 4.20. The first kappa shape index (κ1) is 10.3. The van der Waals surface area contributed by atoms with E-state index in [-0.39, 0.29) is 20.3 Å². The van der Waals surface area contributed by atoms with Crippen LogP contribution in [0.15, 0.2) is 0 Å². The van der Waals surface area contributed by atoms with Gasteiger partial charge < -0.3 is 1.43 Å². The second-order valence-electron chi connectivity index (χ2n) is 0.513. The summed E-state index contributed by atoms with van der Waals surface area (Å²) in [5, 5.41) is 0. The fourth-order valence-electron chi connectivity index (χ4n) is 0. The third kappa shape index (κ3) is 60.4. The van der Waals surface area contributed by atoms with Crippen LogP contribution in [-0.4, -0.2) is 25.2 Å². The van der Waals surface area contributed by atoms with Gasteiger partial charge >= 0.3 is 54.4 Å². The van der Waals surface area contributed by atoms with Crippen molar-refractivity contribution >= 4 is 23.3 Å². The Labute approximate surface area is 55.9 Å². The van der Waals surface area contributed by atoms with Crippen LogP contribution >= 0.6 is 10.4 Å². The summed E-state index contributed by atoms with van der Waals surface area (Å²) in [5.41, 5.74) is 0. The summed E-state index contributed by atoms with van der Waals surface area (Å²) < 4.78 is 22.9. The molecule has 0 heterocycles. The standard InChI is InChI=1S/AsH3O3S.Li.H/c2-1(3,4)5;;/h(H3,2,3,4,5);;/q;+1;-1. The summed E-state index contributed by atoms with van der Waals surface area (Å²) in [4.78, 5) is 0. The van der Waals surface area contributed by atoms with E-state index in [1.165, 1.54) is 0 Å². The average molecular weight is 166 g/mol. The second kappa shape index (κ2) is 3.28. The SMILES string of the molecule is O[As](O)(O)=S.[H-].[Li+]. The molecular formula is H4AsLiO3S. The molecule has 0 aliphatic carbocycles. The van der Waals surface area contributed by atoms with Gasteiger partial charge in [0.1, 0.15) is 0 Å². The summed E-state index contributed by atoms with van der Waals surface area (Å²) in [6.07, 6.45) is 0. The van der Waals surface area contributed by atoms with Crippen molar-refractivity contribution in [3.05, 3.63) is 0 Å². The van der Waals surface area contributed by atoms with E-state index in [2.05, 4.69) is 10.4 Å². The van der Waals surface area contributed by atoms with Gasteiger partial charge in [0.2, 0.25) is 0 Å². The van der Waals surface area contributed by atoms with Crippen molar-refractivity contribution < 1.29 is 32.6 Å². The molecule has 34 valence electrons. The van der Waals surface area contributed by atoms with Crippen LogP contribution in [0, 0.1) is 0 Å². The van der Waals surface area contributed by atoms with Gasteiger partial charge in [0, 0.05) is 0 Å².